The topological polar surface area (TPSA) is 45.7 Å². The zero-order valence-electron chi connectivity index (χ0n) is 14.5. The van der Waals surface area contributed by atoms with E-state index in [1.165, 1.54) is 12.1 Å². The van der Waals surface area contributed by atoms with Crippen LogP contribution in [0.25, 0.3) is 0 Å². The monoisotopic (exact) mass is 469 g/mol. The van der Waals surface area contributed by atoms with Gasteiger partial charge in [0.05, 0.1) is 0 Å². The van der Waals surface area contributed by atoms with Crippen LogP contribution < -0.4 is 10.6 Å². The van der Waals surface area contributed by atoms with Gasteiger partial charge >= 0.3 is 0 Å². The van der Waals surface area contributed by atoms with Crippen molar-refractivity contribution < 1.29 is 9.13 Å². The third-order valence-electron chi connectivity index (χ3n) is 3.24. The zero-order chi connectivity index (χ0) is 16.8. The van der Waals surface area contributed by atoms with Gasteiger partial charge < -0.3 is 15.4 Å². The Morgan fingerprint density at radius 1 is 1.08 bits per heavy atom. The molecule has 0 radical (unpaired) electrons. The number of benzene rings is 1. The molecule has 0 unspecified atom stereocenters. The molecule has 1 aromatic rings. The van der Waals surface area contributed by atoms with Crippen molar-refractivity contribution in [2.24, 2.45) is 4.99 Å². The van der Waals surface area contributed by atoms with Crippen LogP contribution in [-0.2, 0) is 4.74 Å². The lowest BCUT2D eigenvalue weighted by Gasteiger charge is -2.11. The first-order valence-electron chi connectivity index (χ1n) is 8.08. The van der Waals surface area contributed by atoms with Crippen LogP contribution in [0.15, 0.2) is 34.2 Å². The number of nitrogens with one attached hydrogen (secondary N) is 2. The first-order chi connectivity index (χ1) is 11.3. The Hall–Kier alpha value is -0.540. The molecule has 1 aromatic carbocycles. The Morgan fingerprint density at radius 2 is 1.75 bits per heavy atom. The van der Waals surface area contributed by atoms with E-state index in [0.29, 0.717) is 0 Å². The molecule has 7 heteroatoms. The summed E-state index contributed by atoms with van der Waals surface area (Å²) in [4.78, 5) is 5.31. The second kappa shape index (κ2) is 16.0. The minimum Gasteiger partial charge on any atom is -0.385 e. The highest BCUT2D eigenvalue weighted by Gasteiger charge is 1.98. The summed E-state index contributed by atoms with van der Waals surface area (Å²) < 4.78 is 17.8. The Kier molecular flexibility index (Phi) is 15.6. The summed E-state index contributed by atoms with van der Waals surface area (Å²) in [6, 6.07) is 6.63. The molecule has 0 saturated heterocycles. The lowest BCUT2D eigenvalue weighted by atomic mass is 10.2. The number of hydrogen-bond donors (Lipinski definition) is 2. The van der Waals surface area contributed by atoms with E-state index in [1.807, 2.05) is 12.1 Å². The van der Waals surface area contributed by atoms with Crippen LogP contribution in [0, 0.1) is 5.82 Å². The summed E-state index contributed by atoms with van der Waals surface area (Å²) in [5, 5.41) is 6.62. The van der Waals surface area contributed by atoms with Gasteiger partial charge in [-0.2, -0.15) is 0 Å². The quantitative estimate of drug-likeness (QED) is 0.170. The van der Waals surface area contributed by atoms with Gasteiger partial charge in [0.2, 0.25) is 0 Å². The number of hydrogen-bond acceptors (Lipinski definition) is 3. The van der Waals surface area contributed by atoms with Crippen LogP contribution in [0.4, 0.5) is 4.39 Å². The van der Waals surface area contributed by atoms with Gasteiger partial charge in [0, 0.05) is 38.7 Å². The van der Waals surface area contributed by atoms with Crippen molar-refractivity contribution in [2.45, 2.75) is 30.6 Å². The van der Waals surface area contributed by atoms with E-state index in [9.17, 15) is 4.39 Å². The maximum Gasteiger partial charge on any atom is 0.190 e. The second-order valence-electron chi connectivity index (χ2n) is 5.14. The maximum atomic E-state index is 12.8. The molecule has 0 aromatic heterocycles. The SMILES string of the molecule is CN=C(NCCCCCOC)NCCCSc1ccc(F)cc1.I. The third-order valence-corrected chi connectivity index (χ3v) is 4.34. The molecule has 0 bridgehead atoms. The standard InChI is InChI=1S/C17H28FN3OS.HI/c1-19-17(20-11-4-3-5-13-22-2)21-12-6-14-23-16-9-7-15(18)8-10-16;/h7-10H,3-6,11-14H2,1-2H3,(H2,19,20,21);1H. The average Bonchev–Trinajstić information content (AvgIpc) is 2.57. The fourth-order valence-corrected chi connectivity index (χ4v) is 2.83. The van der Waals surface area contributed by atoms with Crippen molar-refractivity contribution in [3.8, 4) is 0 Å². The van der Waals surface area contributed by atoms with E-state index >= 15 is 0 Å². The summed E-state index contributed by atoms with van der Waals surface area (Å²) in [5.74, 6) is 1.66. The van der Waals surface area contributed by atoms with E-state index in [4.69, 9.17) is 4.74 Å². The lowest BCUT2D eigenvalue weighted by molar-refractivity contribution is 0.192. The number of thioether (sulfide) groups is 1. The summed E-state index contributed by atoms with van der Waals surface area (Å²) in [6.07, 6.45) is 4.40. The molecule has 0 aliphatic carbocycles. The molecule has 1 rings (SSSR count). The van der Waals surface area contributed by atoms with Gasteiger partial charge in [-0.25, -0.2) is 4.39 Å². The molecule has 138 valence electrons. The number of unbranched alkanes of at least 4 members (excludes halogenated alkanes) is 2. The van der Waals surface area contributed by atoms with E-state index in [0.717, 1.165) is 62.0 Å². The van der Waals surface area contributed by atoms with Gasteiger partial charge in [-0.3, -0.25) is 4.99 Å². The van der Waals surface area contributed by atoms with Gasteiger partial charge in [0.25, 0.3) is 0 Å². The molecule has 0 saturated carbocycles. The fraction of sp³-hybridized carbons (Fsp3) is 0.588. The molecule has 24 heavy (non-hydrogen) atoms. The number of nitrogens with zero attached hydrogens (tertiary/aromatic N) is 1. The van der Waals surface area contributed by atoms with Gasteiger partial charge in [0.1, 0.15) is 5.82 Å². The number of guanidine groups is 1. The zero-order valence-corrected chi connectivity index (χ0v) is 17.7. The van der Waals surface area contributed by atoms with Gasteiger partial charge in [-0.15, -0.1) is 35.7 Å². The van der Waals surface area contributed by atoms with Crippen LogP contribution in [0.5, 0.6) is 0 Å². The number of rotatable bonds is 11. The Labute approximate surface area is 166 Å². The molecule has 0 amide bonds. The molecule has 4 nitrogen and oxygen atoms in total. The van der Waals surface area contributed by atoms with Crippen molar-refractivity contribution in [3.05, 3.63) is 30.1 Å². The van der Waals surface area contributed by atoms with Gasteiger partial charge in [0.15, 0.2) is 5.96 Å². The van der Waals surface area contributed by atoms with Crippen molar-refractivity contribution in [2.75, 3.05) is 39.6 Å². The molecular formula is C17H29FIN3OS. The summed E-state index contributed by atoms with van der Waals surface area (Å²) in [7, 11) is 3.52. The number of ether oxygens (including phenoxy) is 1. The Bertz CT molecular complexity index is 446. The van der Waals surface area contributed by atoms with Crippen molar-refractivity contribution in [1.82, 2.24) is 10.6 Å². The van der Waals surface area contributed by atoms with Crippen LogP contribution in [0.3, 0.4) is 0 Å². The lowest BCUT2D eigenvalue weighted by Crippen LogP contribution is -2.38. The van der Waals surface area contributed by atoms with E-state index in [1.54, 1.807) is 25.9 Å². The van der Waals surface area contributed by atoms with Crippen LogP contribution >= 0.6 is 35.7 Å². The van der Waals surface area contributed by atoms with E-state index in [2.05, 4.69) is 15.6 Å². The largest absolute Gasteiger partial charge is 0.385 e. The molecule has 2 N–H and O–H groups in total. The minimum absolute atomic E-state index is 0. The van der Waals surface area contributed by atoms with Crippen molar-refractivity contribution >= 4 is 41.7 Å². The smallest absolute Gasteiger partial charge is 0.190 e. The van der Waals surface area contributed by atoms with Crippen molar-refractivity contribution in [3.63, 3.8) is 0 Å². The Morgan fingerprint density at radius 3 is 2.38 bits per heavy atom. The summed E-state index contributed by atoms with van der Waals surface area (Å²) in [5.41, 5.74) is 0. The number of aliphatic imine (C=N–C) groups is 1. The normalized spacial score (nSPS) is 11.0. The predicted octanol–water partition coefficient (Wildman–Crippen LogP) is 3.91. The molecule has 0 atom stereocenters. The highest BCUT2D eigenvalue weighted by Crippen LogP contribution is 2.18. The van der Waals surface area contributed by atoms with Crippen LogP contribution in [-0.4, -0.2) is 45.6 Å². The molecule has 0 spiro atoms. The highest BCUT2D eigenvalue weighted by molar-refractivity contribution is 14.0. The summed E-state index contributed by atoms with van der Waals surface area (Å²) >= 11 is 1.74. The first-order valence-corrected chi connectivity index (χ1v) is 9.06. The minimum atomic E-state index is -0.187. The van der Waals surface area contributed by atoms with E-state index < -0.39 is 0 Å². The van der Waals surface area contributed by atoms with Crippen molar-refractivity contribution in [1.29, 1.82) is 0 Å². The maximum absolute atomic E-state index is 12.8. The summed E-state index contributed by atoms with van der Waals surface area (Å²) in [6.45, 7) is 2.63. The predicted molar refractivity (Wildman–Crippen MR) is 112 cm³/mol. The van der Waals surface area contributed by atoms with Crippen LogP contribution in [0.1, 0.15) is 25.7 Å². The van der Waals surface area contributed by atoms with E-state index in [-0.39, 0.29) is 29.8 Å². The second-order valence-corrected chi connectivity index (χ2v) is 6.30. The fourth-order valence-electron chi connectivity index (χ4n) is 1.98. The number of halogens is 2. The molecule has 0 aliphatic rings. The number of methoxy groups -OCH3 is 1. The Balaban J connectivity index is 0.00000529. The molecule has 0 aliphatic heterocycles. The van der Waals surface area contributed by atoms with Gasteiger partial charge in [-0.05, 0) is 55.7 Å². The van der Waals surface area contributed by atoms with Crippen LogP contribution in [0.2, 0.25) is 0 Å². The first kappa shape index (κ1) is 23.5. The van der Waals surface area contributed by atoms with Gasteiger partial charge in [-0.1, -0.05) is 0 Å². The average molecular weight is 469 g/mol. The molecule has 0 fully saturated rings. The molecular weight excluding hydrogens is 440 g/mol. The molecule has 0 heterocycles. The third kappa shape index (κ3) is 11.9. The highest BCUT2D eigenvalue weighted by atomic mass is 127.